The van der Waals surface area contributed by atoms with Crippen molar-refractivity contribution in [1.29, 1.82) is 0 Å². The zero-order valence-electron chi connectivity index (χ0n) is 10.2. The molecule has 0 saturated carbocycles. The SMILES string of the molecule is O=C(Nc1cc(F)ccc1Br)c1n[nH]c2ccccc12. The molecule has 0 saturated heterocycles. The molecule has 0 radical (unpaired) electrons. The molecule has 3 rings (SSSR count). The highest BCUT2D eigenvalue weighted by Gasteiger charge is 2.15. The number of anilines is 1. The Morgan fingerprint density at radius 1 is 1.25 bits per heavy atom. The van der Waals surface area contributed by atoms with Crippen molar-refractivity contribution in [1.82, 2.24) is 10.2 Å². The fourth-order valence-electron chi connectivity index (χ4n) is 1.91. The first-order valence-corrected chi connectivity index (χ1v) is 6.64. The zero-order chi connectivity index (χ0) is 14.1. The Bertz CT molecular complexity index is 800. The van der Waals surface area contributed by atoms with Crippen LogP contribution in [0.2, 0.25) is 0 Å². The predicted octanol–water partition coefficient (Wildman–Crippen LogP) is 3.72. The Labute approximate surface area is 122 Å². The summed E-state index contributed by atoms with van der Waals surface area (Å²) in [7, 11) is 0. The summed E-state index contributed by atoms with van der Waals surface area (Å²) in [4.78, 5) is 12.2. The summed E-state index contributed by atoms with van der Waals surface area (Å²) in [5, 5.41) is 10.1. The molecule has 2 aromatic carbocycles. The van der Waals surface area contributed by atoms with Crippen molar-refractivity contribution in [2.45, 2.75) is 0 Å². The smallest absolute Gasteiger partial charge is 0.276 e. The third kappa shape index (κ3) is 2.30. The monoisotopic (exact) mass is 333 g/mol. The quantitative estimate of drug-likeness (QED) is 0.750. The van der Waals surface area contributed by atoms with E-state index in [0.29, 0.717) is 10.2 Å². The van der Waals surface area contributed by atoms with Crippen molar-refractivity contribution in [3.05, 3.63) is 58.4 Å². The fourth-order valence-corrected chi connectivity index (χ4v) is 2.26. The number of nitrogens with one attached hydrogen (secondary N) is 2. The average molecular weight is 334 g/mol. The maximum absolute atomic E-state index is 13.2. The molecular weight excluding hydrogens is 325 g/mol. The molecule has 0 spiro atoms. The summed E-state index contributed by atoms with van der Waals surface area (Å²) < 4.78 is 13.8. The number of amides is 1. The van der Waals surface area contributed by atoms with Crippen LogP contribution < -0.4 is 5.32 Å². The molecule has 2 N–H and O–H groups in total. The number of carbonyl (C=O) groups excluding carboxylic acids is 1. The third-order valence-electron chi connectivity index (χ3n) is 2.86. The lowest BCUT2D eigenvalue weighted by Crippen LogP contribution is -2.13. The van der Waals surface area contributed by atoms with E-state index < -0.39 is 11.7 Å². The van der Waals surface area contributed by atoms with Crippen LogP contribution in [0.15, 0.2) is 46.9 Å². The Morgan fingerprint density at radius 3 is 2.90 bits per heavy atom. The van der Waals surface area contributed by atoms with Gasteiger partial charge in [-0.15, -0.1) is 0 Å². The molecule has 0 aliphatic carbocycles. The average Bonchev–Trinajstić information content (AvgIpc) is 2.87. The number of hydrogen-bond donors (Lipinski definition) is 2. The van der Waals surface area contributed by atoms with E-state index >= 15 is 0 Å². The van der Waals surface area contributed by atoms with Crippen molar-refractivity contribution in [2.24, 2.45) is 0 Å². The van der Waals surface area contributed by atoms with Crippen LogP contribution in [0.25, 0.3) is 10.9 Å². The number of rotatable bonds is 2. The van der Waals surface area contributed by atoms with Crippen molar-refractivity contribution in [3.63, 3.8) is 0 Å². The minimum atomic E-state index is -0.421. The number of halogens is 2. The lowest BCUT2D eigenvalue weighted by molar-refractivity contribution is 0.102. The molecule has 1 amide bonds. The van der Waals surface area contributed by atoms with Gasteiger partial charge in [-0.1, -0.05) is 18.2 Å². The first kappa shape index (κ1) is 12.8. The van der Waals surface area contributed by atoms with Gasteiger partial charge in [0.1, 0.15) is 5.82 Å². The van der Waals surface area contributed by atoms with E-state index in [1.165, 1.54) is 18.2 Å². The number of fused-ring (bicyclic) bond motifs is 1. The Balaban J connectivity index is 1.95. The second-order valence-electron chi connectivity index (χ2n) is 4.20. The molecule has 20 heavy (non-hydrogen) atoms. The summed E-state index contributed by atoms with van der Waals surface area (Å²) >= 11 is 3.26. The van der Waals surface area contributed by atoms with Gasteiger partial charge in [0.05, 0.1) is 11.2 Å². The Morgan fingerprint density at radius 2 is 2.05 bits per heavy atom. The lowest BCUT2D eigenvalue weighted by atomic mass is 10.2. The first-order chi connectivity index (χ1) is 9.65. The molecular formula is C14H9BrFN3O. The van der Waals surface area contributed by atoms with Crippen LogP contribution in [-0.2, 0) is 0 Å². The van der Waals surface area contributed by atoms with Gasteiger partial charge < -0.3 is 5.32 Å². The van der Waals surface area contributed by atoms with Crippen LogP contribution in [0.3, 0.4) is 0 Å². The molecule has 0 aliphatic heterocycles. The minimum Gasteiger partial charge on any atom is -0.319 e. The number of aromatic amines is 1. The van der Waals surface area contributed by atoms with Gasteiger partial charge in [0.15, 0.2) is 5.69 Å². The van der Waals surface area contributed by atoms with E-state index in [2.05, 4.69) is 31.4 Å². The van der Waals surface area contributed by atoms with E-state index in [9.17, 15) is 9.18 Å². The number of H-pyrrole nitrogens is 1. The predicted molar refractivity (Wildman–Crippen MR) is 78.1 cm³/mol. The molecule has 1 aromatic heterocycles. The highest BCUT2D eigenvalue weighted by molar-refractivity contribution is 9.10. The number of aromatic nitrogens is 2. The van der Waals surface area contributed by atoms with Crippen molar-refractivity contribution >= 4 is 38.4 Å². The van der Waals surface area contributed by atoms with Gasteiger partial charge in [-0.3, -0.25) is 9.89 Å². The van der Waals surface area contributed by atoms with E-state index in [0.717, 1.165) is 10.9 Å². The maximum atomic E-state index is 13.2. The van der Waals surface area contributed by atoms with E-state index in [4.69, 9.17) is 0 Å². The van der Waals surface area contributed by atoms with E-state index in [1.807, 2.05) is 18.2 Å². The van der Waals surface area contributed by atoms with Crippen LogP contribution in [0.5, 0.6) is 0 Å². The van der Waals surface area contributed by atoms with Crippen LogP contribution in [0.1, 0.15) is 10.5 Å². The van der Waals surface area contributed by atoms with Gasteiger partial charge in [0.2, 0.25) is 0 Å². The number of nitrogens with zero attached hydrogens (tertiary/aromatic N) is 1. The fraction of sp³-hybridized carbons (Fsp3) is 0. The summed E-state index contributed by atoms with van der Waals surface area (Å²) in [6, 6.07) is 11.4. The summed E-state index contributed by atoms with van der Waals surface area (Å²) in [5.74, 6) is -0.816. The van der Waals surface area contributed by atoms with Gasteiger partial charge in [-0.2, -0.15) is 5.10 Å². The normalized spacial score (nSPS) is 10.7. The molecule has 0 fully saturated rings. The number of para-hydroxylation sites is 1. The van der Waals surface area contributed by atoms with Crippen molar-refractivity contribution in [3.8, 4) is 0 Å². The summed E-state index contributed by atoms with van der Waals surface area (Å²) in [6.45, 7) is 0. The van der Waals surface area contributed by atoms with Crippen LogP contribution in [0, 0.1) is 5.82 Å². The third-order valence-corrected chi connectivity index (χ3v) is 3.55. The number of hydrogen-bond acceptors (Lipinski definition) is 2. The van der Waals surface area contributed by atoms with Gasteiger partial charge in [-0.25, -0.2) is 4.39 Å². The molecule has 4 nitrogen and oxygen atoms in total. The van der Waals surface area contributed by atoms with Crippen molar-refractivity contribution in [2.75, 3.05) is 5.32 Å². The zero-order valence-corrected chi connectivity index (χ0v) is 11.7. The van der Waals surface area contributed by atoms with Crippen LogP contribution in [0.4, 0.5) is 10.1 Å². The lowest BCUT2D eigenvalue weighted by Gasteiger charge is -2.06. The minimum absolute atomic E-state index is 0.275. The molecule has 100 valence electrons. The molecule has 1 heterocycles. The number of carbonyl (C=O) groups is 1. The molecule has 0 unspecified atom stereocenters. The molecule has 3 aromatic rings. The van der Waals surface area contributed by atoms with Crippen LogP contribution in [-0.4, -0.2) is 16.1 Å². The molecule has 0 aliphatic rings. The van der Waals surface area contributed by atoms with Gasteiger partial charge in [0, 0.05) is 9.86 Å². The Kier molecular flexibility index (Phi) is 3.23. The van der Waals surface area contributed by atoms with Gasteiger partial charge in [0.25, 0.3) is 5.91 Å². The second-order valence-corrected chi connectivity index (χ2v) is 5.05. The molecule has 6 heteroatoms. The second kappa shape index (κ2) is 5.05. The Hall–Kier alpha value is -2.21. The van der Waals surface area contributed by atoms with E-state index in [1.54, 1.807) is 6.07 Å². The van der Waals surface area contributed by atoms with Gasteiger partial charge >= 0.3 is 0 Å². The van der Waals surface area contributed by atoms with Gasteiger partial charge in [-0.05, 0) is 40.2 Å². The highest BCUT2D eigenvalue weighted by Crippen LogP contribution is 2.24. The number of benzene rings is 2. The summed E-state index contributed by atoms with van der Waals surface area (Å²) in [6.07, 6.45) is 0. The van der Waals surface area contributed by atoms with E-state index in [-0.39, 0.29) is 5.69 Å². The maximum Gasteiger partial charge on any atom is 0.276 e. The largest absolute Gasteiger partial charge is 0.319 e. The highest BCUT2D eigenvalue weighted by atomic mass is 79.9. The molecule has 0 atom stereocenters. The first-order valence-electron chi connectivity index (χ1n) is 5.84. The van der Waals surface area contributed by atoms with Crippen LogP contribution >= 0.6 is 15.9 Å². The summed E-state index contributed by atoms with van der Waals surface area (Å²) in [5.41, 5.74) is 1.41. The topological polar surface area (TPSA) is 57.8 Å². The van der Waals surface area contributed by atoms with Crippen molar-refractivity contribution < 1.29 is 9.18 Å². The molecule has 0 bridgehead atoms. The standard InChI is InChI=1S/C14H9BrFN3O/c15-10-6-5-8(16)7-12(10)17-14(20)13-9-3-1-2-4-11(9)18-19-13/h1-7H,(H,17,20)(H,18,19).